The molecule has 9 heteroatoms. The van der Waals surface area contributed by atoms with Gasteiger partial charge in [-0.15, -0.1) is 0 Å². The van der Waals surface area contributed by atoms with Crippen LogP contribution in [0.25, 0.3) is 0 Å². The summed E-state index contributed by atoms with van der Waals surface area (Å²) < 4.78 is 31.7. The van der Waals surface area contributed by atoms with Gasteiger partial charge in [0.05, 0.1) is 6.42 Å². The van der Waals surface area contributed by atoms with Crippen LogP contribution in [-0.4, -0.2) is 50.9 Å². The maximum Gasteiger partial charge on any atom is 0.490 e. The van der Waals surface area contributed by atoms with Gasteiger partial charge in [0.2, 0.25) is 0 Å². The lowest BCUT2D eigenvalue weighted by atomic mass is 9.63. The van der Waals surface area contributed by atoms with Gasteiger partial charge in [-0.25, -0.2) is 4.79 Å². The van der Waals surface area contributed by atoms with Crippen LogP contribution in [0.3, 0.4) is 0 Å². The summed E-state index contributed by atoms with van der Waals surface area (Å²) >= 11 is 0. The zero-order valence-electron chi connectivity index (χ0n) is 16.0. The Morgan fingerprint density at radius 3 is 2.31 bits per heavy atom. The number of halogens is 3. The molecule has 2 fully saturated rings. The van der Waals surface area contributed by atoms with Crippen molar-refractivity contribution in [2.24, 2.45) is 5.41 Å². The first-order chi connectivity index (χ1) is 13.5. The quantitative estimate of drug-likeness (QED) is 0.684. The number of alkyl halides is 3. The zero-order chi connectivity index (χ0) is 21.7. The van der Waals surface area contributed by atoms with E-state index < -0.39 is 18.1 Å². The number of para-hydroxylation sites is 1. The van der Waals surface area contributed by atoms with Gasteiger partial charge < -0.3 is 15.3 Å². The number of carboxylic acids is 2. The Labute approximate surface area is 166 Å². The van der Waals surface area contributed by atoms with E-state index in [1.54, 1.807) is 6.07 Å². The molecule has 1 aromatic carbocycles. The van der Waals surface area contributed by atoms with Crippen LogP contribution in [0, 0.1) is 5.41 Å². The third-order valence-corrected chi connectivity index (χ3v) is 5.78. The molecule has 0 radical (unpaired) electrons. The first-order valence-electron chi connectivity index (χ1n) is 9.58. The highest BCUT2D eigenvalue weighted by molar-refractivity contribution is 5.73. The fourth-order valence-corrected chi connectivity index (χ4v) is 4.59. The summed E-state index contributed by atoms with van der Waals surface area (Å²) in [6.45, 7) is 1.72. The summed E-state index contributed by atoms with van der Waals surface area (Å²) in [6.07, 6.45) is 1.73. The number of aliphatic carboxylic acids is 2. The summed E-state index contributed by atoms with van der Waals surface area (Å²) in [5.74, 6) is -3.09. The van der Waals surface area contributed by atoms with E-state index in [0.29, 0.717) is 11.8 Å². The molecular weight excluding hydrogens is 391 g/mol. The van der Waals surface area contributed by atoms with Crippen LogP contribution in [0.4, 0.5) is 13.2 Å². The van der Waals surface area contributed by atoms with Crippen molar-refractivity contribution in [3.05, 3.63) is 29.8 Å². The summed E-state index contributed by atoms with van der Waals surface area (Å²) in [7, 11) is 0. The summed E-state index contributed by atoms with van der Waals surface area (Å²) in [5, 5.41) is 26.5. The molecule has 29 heavy (non-hydrogen) atoms. The fraction of sp³-hybridized carbons (Fsp3) is 0.600. The highest BCUT2D eigenvalue weighted by atomic mass is 19.4. The topological polar surface area (TPSA) is 98.1 Å². The highest BCUT2D eigenvalue weighted by Crippen LogP contribution is 2.48. The van der Waals surface area contributed by atoms with Gasteiger partial charge in [0.15, 0.2) is 0 Å². The molecule has 0 aromatic heterocycles. The minimum atomic E-state index is -5.08. The Morgan fingerprint density at radius 1 is 1.10 bits per heavy atom. The number of fused-ring (bicyclic) bond motifs is 1. The van der Waals surface area contributed by atoms with Gasteiger partial charge in [0.1, 0.15) is 5.75 Å². The molecule has 0 spiro atoms. The molecule has 162 valence electrons. The SMILES string of the molecule is O=C(O)C(F)(F)F.O=C(O)C[C@]12CCCC[C@H]1N(Cc1ccccc1O)CCC2. The van der Waals surface area contributed by atoms with Gasteiger partial charge in [-0.2, -0.15) is 13.2 Å². The van der Waals surface area contributed by atoms with Crippen molar-refractivity contribution in [3.63, 3.8) is 0 Å². The molecule has 3 N–H and O–H groups in total. The van der Waals surface area contributed by atoms with Gasteiger partial charge in [-0.3, -0.25) is 9.69 Å². The van der Waals surface area contributed by atoms with Crippen molar-refractivity contribution in [1.29, 1.82) is 0 Å². The average Bonchev–Trinajstić information content (AvgIpc) is 2.62. The van der Waals surface area contributed by atoms with Crippen molar-refractivity contribution >= 4 is 11.9 Å². The van der Waals surface area contributed by atoms with E-state index >= 15 is 0 Å². The summed E-state index contributed by atoms with van der Waals surface area (Å²) in [6, 6.07) is 7.82. The number of likely N-dealkylation sites (tertiary alicyclic amines) is 1. The number of rotatable bonds is 4. The van der Waals surface area contributed by atoms with Crippen LogP contribution >= 0.6 is 0 Å². The molecule has 1 saturated carbocycles. The Morgan fingerprint density at radius 2 is 1.72 bits per heavy atom. The predicted octanol–water partition coefficient (Wildman–Crippen LogP) is 4.03. The lowest BCUT2D eigenvalue weighted by Gasteiger charge is -2.52. The second-order valence-corrected chi connectivity index (χ2v) is 7.70. The lowest BCUT2D eigenvalue weighted by Crippen LogP contribution is -2.54. The molecule has 1 aliphatic carbocycles. The van der Waals surface area contributed by atoms with Crippen molar-refractivity contribution in [1.82, 2.24) is 4.90 Å². The van der Waals surface area contributed by atoms with Gasteiger partial charge in [0.25, 0.3) is 0 Å². The predicted molar refractivity (Wildman–Crippen MR) is 98.4 cm³/mol. The Balaban J connectivity index is 0.000000370. The maximum absolute atomic E-state index is 11.4. The zero-order valence-corrected chi connectivity index (χ0v) is 16.0. The minimum Gasteiger partial charge on any atom is -0.508 e. The Kier molecular flexibility index (Phi) is 7.51. The molecule has 1 aliphatic heterocycles. The number of nitrogens with zero attached hydrogens (tertiary/aromatic N) is 1. The van der Waals surface area contributed by atoms with E-state index in [1.165, 1.54) is 6.42 Å². The average molecular weight is 417 g/mol. The van der Waals surface area contributed by atoms with Crippen LogP contribution in [0.2, 0.25) is 0 Å². The molecule has 6 nitrogen and oxygen atoms in total. The molecule has 0 unspecified atom stereocenters. The maximum atomic E-state index is 11.4. The molecule has 0 bridgehead atoms. The van der Waals surface area contributed by atoms with Crippen LogP contribution in [0.15, 0.2) is 24.3 Å². The number of phenolic OH excluding ortho intramolecular Hbond substituents is 1. The van der Waals surface area contributed by atoms with Gasteiger partial charge >= 0.3 is 18.1 Å². The van der Waals surface area contributed by atoms with Gasteiger partial charge in [0, 0.05) is 18.2 Å². The molecule has 1 saturated heterocycles. The van der Waals surface area contributed by atoms with Crippen molar-refractivity contribution in [3.8, 4) is 5.75 Å². The third-order valence-electron chi connectivity index (χ3n) is 5.78. The van der Waals surface area contributed by atoms with Crippen LogP contribution in [-0.2, 0) is 16.1 Å². The molecule has 1 heterocycles. The fourth-order valence-electron chi connectivity index (χ4n) is 4.59. The number of hydrogen-bond acceptors (Lipinski definition) is 4. The molecule has 0 amide bonds. The number of benzene rings is 1. The van der Waals surface area contributed by atoms with E-state index in [0.717, 1.165) is 50.8 Å². The number of carbonyl (C=O) groups is 2. The van der Waals surface area contributed by atoms with Crippen molar-refractivity contribution in [2.45, 2.75) is 63.7 Å². The van der Waals surface area contributed by atoms with E-state index in [9.17, 15) is 28.2 Å². The second-order valence-electron chi connectivity index (χ2n) is 7.70. The van der Waals surface area contributed by atoms with Crippen molar-refractivity contribution < 1.29 is 38.1 Å². The smallest absolute Gasteiger partial charge is 0.490 e. The first-order valence-corrected chi connectivity index (χ1v) is 9.58. The second kappa shape index (κ2) is 9.47. The monoisotopic (exact) mass is 417 g/mol. The molecule has 2 atom stereocenters. The molecule has 3 rings (SSSR count). The Hall–Kier alpha value is -2.29. The number of phenols is 1. The highest BCUT2D eigenvalue weighted by Gasteiger charge is 2.47. The van der Waals surface area contributed by atoms with Crippen LogP contribution < -0.4 is 0 Å². The lowest BCUT2D eigenvalue weighted by molar-refractivity contribution is -0.192. The first kappa shape index (κ1) is 23.0. The normalized spacial score (nSPS) is 24.7. The van der Waals surface area contributed by atoms with Crippen molar-refractivity contribution in [2.75, 3.05) is 6.54 Å². The summed E-state index contributed by atoms with van der Waals surface area (Å²) in [4.78, 5) is 22.7. The van der Waals surface area contributed by atoms with E-state index in [-0.39, 0.29) is 11.8 Å². The Bertz CT molecular complexity index is 720. The van der Waals surface area contributed by atoms with E-state index in [1.807, 2.05) is 18.2 Å². The van der Waals surface area contributed by atoms with Gasteiger partial charge in [-0.05, 0) is 43.7 Å². The number of carboxylic acid groups (broad SMARTS) is 2. The molecular formula is C20H26F3NO5. The van der Waals surface area contributed by atoms with Crippen LogP contribution in [0.5, 0.6) is 5.75 Å². The standard InChI is InChI=1S/C18H25NO3.C2HF3O2/c20-15-7-2-1-6-14(15)13-19-11-5-10-18(12-17(21)22)9-4-3-8-16(18)19;3-2(4,5)1(6)7/h1-2,6-7,16,20H,3-5,8-13H2,(H,21,22);(H,6,7)/t16-,18-;/m1./s1. The molecule has 2 aliphatic rings. The summed E-state index contributed by atoms with van der Waals surface area (Å²) in [5.41, 5.74) is 0.881. The molecule has 1 aromatic rings. The third kappa shape index (κ3) is 6.09. The number of aromatic hydroxyl groups is 1. The number of hydrogen-bond donors (Lipinski definition) is 3. The van der Waals surface area contributed by atoms with E-state index in [4.69, 9.17) is 9.90 Å². The van der Waals surface area contributed by atoms with Crippen LogP contribution in [0.1, 0.15) is 50.5 Å². The minimum absolute atomic E-state index is 0.0628. The van der Waals surface area contributed by atoms with Gasteiger partial charge in [-0.1, -0.05) is 31.0 Å². The van der Waals surface area contributed by atoms with E-state index in [2.05, 4.69) is 4.90 Å². The number of piperidine rings is 1. The largest absolute Gasteiger partial charge is 0.508 e.